The highest BCUT2D eigenvalue weighted by Gasteiger charge is 2.36. The first-order valence-electron chi connectivity index (χ1n) is 9.19. The molecule has 6 nitrogen and oxygen atoms in total. The maximum absolute atomic E-state index is 13.6. The van der Waals surface area contributed by atoms with Gasteiger partial charge in [0.1, 0.15) is 5.69 Å². The Morgan fingerprint density at radius 3 is 2.57 bits per heavy atom. The Kier molecular flexibility index (Phi) is 4.92. The van der Waals surface area contributed by atoms with Gasteiger partial charge in [0.2, 0.25) is 0 Å². The van der Waals surface area contributed by atoms with E-state index in [2.05, 4.69) is 10.1 Å². The third-order valence-corrected chi connectivity index (χ3v) is 4.90. The fourth-order valence-corrected chi connectivity index (χ4v) is 3.49. The topological polar surface area (TPSA) is 63.6 Å². The van der Waals surface area contributed by atoms with Gasteiger partial charge in [-0.1, -0.05) is 12.8 Å². The predicted molar refractivity (Wildman–Crippen MR) is 94.9 cm³/mol. The number of alkyl halides is 3. The second-order valence-electron chi connectivity index (χ2n) is 6.91. The monoisotopic (exact) mass is 392 g/mol. The number of hydrogen-bond acceptors (Lipinski definition) is 5. The lowest BCUT2D eigenvalue weighted by molar-refractivity contribution is -0.142. The Morgan fingerprint density at radius 2 is 1.93 bits per heavy atom. The molecule has 0 spiro atoms. The minimum atomic E-state index is -4.65. The van der Waals surface area contributed by atoms with Gasteiger partial charge >= 0.3 is 6.18 Å². The van der Waals surface area contributed by atoms with Crippen LogP contribution in [0.25, 0.3) is 17.1 Å². The molecular formula is C19H19F3N4O2. The van der Waals surface area contributed by atoms with Crippen molar-refractivity contribution >= 4 is 11.4 Å². The summed E-state index contributed by atoms with van der Waals surface area (Å²) in [6, 6.07) is 3.96. The van der Waals surface area contributed by atoms with E-state index in [0.29, 0.717) is 4.52 Å². The summed E-state index contributed by atoms with van der Waals surface area (Å²) in [7, 11) is 0. The van der Waals surface area contributed by atoms with Crippen LogP contribution in [0.5, 0.6) is 0 Å². The van der Waals surface area contributed by atoms with E-state index in [1.807, 2.05) is 4.90 Å². The molecule has 1 fully saturated rings. The fraction of sp³-hybridized carbons (Fsp3) is 0.421. The zero-order valence-corrected chi connectivity index (χ0v) is 15.1. The summed E-state index contributed by atoms with van der Waals surface area (Å²) in [6.45, 7) is 1.77. The molecule has 0 radical (unpaired) electrons. The van der Waals surface area contributed by atoms with Crippen molar-refractivity contribution in [1.29, 1.82) is 0 Å². The number of rotatable bonds is 4. The number of furan rings is 1. The molecule has 0 atom stereocenters. The van der Waals surface area contributed by atoms with Crippen molar-refractivity contribution in [1.82, 2.24) is 19.5 Å². The van der Waals surface area contributed by atoms with Crippen LogP contribution in [0.1, 0.15) is 41.7 Å². The number of nitrogens with zero attached hydrogens (tertiary/aromatic N) is 4. The molecule has 0 saturated carbocycles. The van der Waals surface area contributed by atoms with Gasteiger partial charge < -0.3 is 4.42 Å². The van der Waals surface area contributed by atoms with Crippen molar-refractivity contribution in [3.63, 3.8) is 0 Å². The molecule has 1 aliphatic rings. The number of carbonyl (C=O) groups is 1. The van der Waals surface area contributed by atoms with Crippen molar-refractivity contribution in [2.45, 2.75) is 31.9 Å². The SMILES string of the molecule is O=C(CN1CCCCCC1)c1cnn2c(C(F)(F)F)cc(-c3ccco3)nc12. The minimum Gasteiger partial charge on any atom is -0.463 e. The Morgan fingerprint density at radius 1 is 1.18 bits per heavy atom. The van der Waals surface area contributed by atoms with Crippen LogP contribution in [0.4, 0.5) is 13.2 Å². The molecular weight excluding hydrogens is 373 g/mol. The van der Waals surface area contributed by atoms with E-state index in [1.54, 1.807) is 6.07 Å². The Hall–Kier alpha value is -2.68. The number of halogens is 3. The lowest BCUT2D eigenvalue weighted by Crippen LogP contribution is -2.30. The van der Waals surface area contributed by atoms with Gasteiger partial charge in [-0.15, -0.1) is 0 Å². The summed E-state index contributed by atoms with van der Waals surface area (Å²) < 4.78 is 46.5. The van der Waals surface area contributed by atoms with Crippen LogP contribution < -0.4 is 0 Å². The van der Waals surface area contributed by atoms with Crippen molar-refractivity contribution in [2.24, 2.45) is 0 Å². The molecule has 3 aromatic rings. The summed E-state index contributed by atoms with van der Waals surface area (Å²) in [5.74, 6) is -0.0887. The number of Topliss-reactive ketones (excluding diaryl/α,β-unsaturated/α-hetero) is 1. The molecule has 9 heteroatoms. The highest BCUT2D eigenvalue weighted by Crippen LogP contribution is 2.33. The summed E-state index contributed by atoms with van der Waals surface area (Å²) in [5.41, 5.74) is -1.02. The highest BCUT2D eigenvalue weighted by molar-refractivity contribution is 6.02. The second-order valence-corrected chi connectivity index (χ2v) is 6.91. The van der Waals surface area contributed by atoms with Gasteiger partial charge in [-0.3, -0.25) is 9.69 Å². The predicted octanol–water partition coefficient (Wildman–Crippen LogP) is 4.07. The molecule has 1 saturated heterocycles. The van der Waals surface area contributed by atoms with Gasteiger partial charge in [0, 0.05) is 0 Å². The number of carbonyl (C=O) groups excluding carboxylic acids is 1. The number of hydrogen-bond donors (Lipinski definition) is 0. The molecule has 1 aliphatic heterocycles. The van der Waals surface area contributed by atoms with Crippen LogP contribution in [0.2, 0.25) is 0 Å². The first-order valence-corrected chi connectivity index (χ1v) is 9.19. The standard InChI is InChI=1S/C19H19F3N4O2/c20-19(21,22)17-10-14(16-6-5-9-28-16)24-18-13(11-23-26(17)18)15(27)12-25-7-3-1-2-4-8-25/h5-6,9-11H,1-4,7-8,12H2. The molecule has 3 aromatic heterocycles. The smallest absolute Gasteiger partial charge is 0.433 e. The van der Waals surface area contributed by atoms with Gasteiger partial charge in [0.05, 0.1) is 24.6 Å². The van der Waals surface area contributed by atoms with Gasteiger partial charge in [-0.25, -0.2) is 9.50 Å². The number of aromatic nitrogens is 3. The van der Waals surface area contributed by atoms with Crippen LogP contribution in [0, 0.1) is 0 Å². The maximum atomic E-state index is 13.6. The maximum Gasteiger partial charge on any atom is 0.433 e. The summed E-state index contributed by atoms with van der Waals surface area (Å²) >= 11 is 0. The average molecular weight is 392 g/mol. The van der Waals surface area contributed by atoms with E-state index in [-0.39, 0.29) is 35.0 Å². The third kappa shape index (κ3) is 3.66. The van der Waals surface area contributed by atoms with Gasteiger partial charge in [0.25, 0.3) is 0 Å². The lowest BCUT2D eigenvalue weighted by Gasteiger charge is -2.18. The van der Waals surface area contributed by atoms with E-state index in [0.717, 1.165) is 44.8 Å². The molecule has 0 amide bonds. The van der Waals surface area contributed by atoms with Crippen molar-refractivity contribution in [3.05, 3.63) is 41.9 Å². The van der Waals surface area contributed by atoms with Crippen LogP contribution in [0.15, 0.2) is 35.1 Å². The zero-order chi connectivity index (χ0) is 19.7. The second kappa shape index (κ2) is 7.38. The Bertz CT molecular complexity index is 971. The normalized spacial score (nSPS) is 16.4. The van der Waals surface area contributed by atoms with Crippen LogP contribution in [-0.4, -0.2) is 44.9 Å². The third-order valence-electron chi connectivity index (χ3n) is 4.90. The molecule has 4 rings (SSSR count). The number of fused-ring (bicyclic) bond motifs is 1. The van der Waals surface area contributed by atoms with E-state index >= 15 is 0 Å². The minimum absolute atomic E-state index is 0.00847. The number of ketones is 1. The molecule has 0 unspecified atom stereocenters. The van der Waals surface area contributed by atoms with Crippen molar-refractivity contribution < 1.29 is 22.4 Å². The average Bonchev–Trinajstić information content (AvgIpc) is 3.26. The quantitative estimate of drug-likeness (QED) is 0.627. The first-order chi connectivity index (χ1) is 13.4. The molecule has 148 valence electrons. The lowest BCUT2D eigenvalue weighted by atomic mass is 10.2. The highest BCUT2D eigenvalue weighted by atomic mass is 19.4. The molecule has 28 heavy (non-hydrogen) atoms. The van der Waals surface area contributed by atoms with E-state index in [1.165, 1.54) is 18.5 Å². The van der Waals surface area contributed by atoms with Gasteiger partial charge in [0.15, 0.2) is 22.9 Å². The molecule has 4 heterocycles. The van der Waals surface area contributed by atoms with Gasteiger partial charge in [-0.2, -0.15) is 18.3 Å². The Labute approximate surface area is 159 Å². The van der Waals surface area contributed by atoms with E-state index in [4.69, 9.17) is 4.42 Å². The number of likely N-dealkylation sites (tertiary alicyclic amines) is 1. The van der Waals surface area contributed by atoms with Crippen molar-refractivity contribution in [3.8, 4) is 11.5 Å². The zero-order valence-electron chi connectivity index (χ0n) is 15.1. The fourth-order valence-electron chi connectivity index (χ4n) is 3.49. The van der Waals surface area contributed by atoms with Crippen molar-refractivity contribution in [2.75, 3.05) is 19.6 Å². The summed E-state index contributed by atoms with van der Waals surface area (Å²) in [6.07, 6.45) is 2.16. The van der Waals surface area contributed by atoms with Crippen LogP contribution in [0.3, 0.4) is 0 Å². The molecule has 0 aliphatic carbocycles. The van der Waals surface area contributed by atoms with Crippen LogP contribution >= 0.6 is 0 Å². The van der Waals surface area contributed by atoms with E-state index < -0.39 is 11.9 Å². The summed E-state index contributed by atoms with van der Waals surface area (Å²) in [5, 5.41) is 3.80. The molecule has 0 bridgehead atoms. The Balaban J connectivity index is 1.75. The largest absolute Gasteiger partial charge is 0.463 e. The molecule has 0 N–H and O–H groups in total. The van der Waals surface area contributed by atoms with E-state index in [9.17, 15) is 18.0 Å². The summed E-state index contributed by atoms with van der Waals surface area (Å²) in [4.78, 5) is 19.1. The van der Waals surface area contributed by atoms with Gasteiger partial charge in [-0.05, 0) is 44.1 Å². The molecule has 0 aromatic carbocycles. The van der Waals surface area contributed by atoms with Crippen LogP contribution in [-0.2, 0) is 6.18 Å². The first kappa shape index (κ1) is 18.7.